The van der Waals surface area contributed by atoms with Gasteiger partial charge in [-0.15, -0.1) is 0 Å². The van der Waals surface area contributed by atoms with Crippen LogP contribution in [0.2, 0.25) is 0 Å². The average Bonchev–Trinajstić information content (AvgIpc) is 2.97. The molecule has 6 rings (SSSR count). The molecule has 2 N–H and O–H groups in total. The maximum atomic E-state index is 13.7. The standard InChI is InChI=1S/C24H31N3O4/c28-21(25-31)8-4-7-20-22(29)27(23(30)26(20)15-16-5-2-1-3-6-16)24-12-17-9-18(13-24)11-19(10-17)14-24/h1-3,5-6,17-20,31H,4,7-15H2,(H,25,28). The Balaban J connectivity index is 1.41. The Morgan fingerprint density at radius 2 is 1.65 bits per heavy atom. The van der Waals surface area contributed by atoms with Gasteiger partial charge in [0.2, 0.25) is 5.91 Å². The van der Waals surface area contributed by atoms with Gasteiger partial charge in [0.05, 0.1) is 5.54 Å². The van der Waals surface area contributed by atoms with E-state index in [0.29, 0.717) is 37.1 Å². The van der Waals surface area contributed by atoms with Crippen molar-refractivity contribution in [3.8, 4) is 0 Å². The summed E-state index contributed by atoms with van der Waals surface area (Å²) in [4.78, 5) is 42.2. The SMILES string of the molecule is O=C(CCCC1C(=O)N(C23CC4CC(CC(C4)C2)C3)C(=O)N1Cc1ccccc1)NO. The number of hydroxylamine groups is 1. The third-order valence-corrected chi connectivity index (χ3v) is 8.00. The van der Waals surface area contributed by atoms with E-state index in [2.05, 4.69) is 0 Å². The summed E-state index contributed by atoms with van der Waals surface area (Å²) >= 11 is 0. The number of imide groups is 1. The number of hydrogen-bond acceptors (Lipinski definition) is 4. The molecule has 31 heavy (non-hydrogen) atoms. The maximum Gasteiger partial charge on any atom is 0.328 e. The van der Waals surface area contributed by atoms with Crippen molar-refractivity contribution in [1.29, 1.82) is 0 Å². The molecule has 4 bridgehead atoms. The van der Waals surface area contributed by atoms with Crippen molar-refractivity contribution in [2.75, 3.05) is 0 Å². The lowest BCUT2D eigenvalue weighted by atomic mass is 9.52. The van der Waals surface area contributed by atoms with E-state index >= 15 is 0 Å². The molecule has 1 atom stereocenters. The van der Waals surface area contributed by atoms with E-state index < -0.39 is 11.9 Å². The zero-order valence-electron chi connectivity index (χ0n) is 17.8. The Morgan fingerprint density at radius 1 is 1.03 bits per heavy atom. The lowest BCUT2D eigenvalue weighted by Gasteiger charge is -2.58. The summed E-state index contributed by atoms with van der Waals surface area (Å²) in [5, 5.41) is 8.77. The predicted octanol–water partition coefficient (Wildman–Crippen LogP) is 3.46. The van der Waals surface area contributed by atoms with Gasteiger partial charge in [-0.05, 0) is 74.7 Å². The van der Waals surface area contributed by atoms with Crippen LogP contribution >= 0.6 is 0 Å². The summed E-state index contributed by atoms with van der Waals surface area (Å²) in [6.07, 6.45) is 7.61. The minimum atomic E-state index is -0.549. The number of urea groups is 1. The van der Waals surface area contributed by atoms with E-state index in [1.807, 2.05) is 30.3 Å². The van der Waals surface area contributed by atoms with Crippen LogP contribution < -0.4 is 5.48 Å². The molecule has 0 spiro atoms. The molecule has 1 saturated heterocycles. The third kappa shape index (κ3) is 3.63. The average molecular weight is 426 g/mol. The molecule has 4 aliphatic carbocycles. The van der Waals surface area contributed by atoms with Gasteiger partial charge in [0.15, 0.2) is 0 Å². The molecule has 4 saturated carbocycles. The fourth-order valence-corrected chi connectivity index (χ4v) is 7.16. The first-order valence-corrected chi connectivity index (χ1v) is 11.6. The topological polar surface area (TPSA) is 90.0 Å². The highest BCUT2D eigenvalue weighted by atomic mass is 16.5. The highest BCUT2D eigenvalue weighted by Gasteiger charge is 2.60. The number of rotatable bonds is 7. The zero-order valence-corrected chi connectivity index (χ0v) is 17.8. The van der Waals surface area contributed by atoms with Crippen molar-refractivity contribution in [3.05, 3.63) is 35.9 Å². The molecule has 0 aromatic heterocycles. The normalized spacial score (nSPS) is 34.0. The summed E-state index contributed by atoms with van der Waals surface area (Å²) in [7, 11) is 0. The summed E-state index contributed by atoms with van der Waals surface area (Å²) in [6, 6.07) is 9.06. The number of nitrogens with zero attached hydrogens (tertiary/aromatic N) is 2. The molecule has 1 aromatic rings. The molecule has 1 heterocycles. The van der Waals surface area contributed by atoms with Crippen LogP contribution in [0.4, 0.5) is 4.79 Å². The van der Waals surface area contributed by atoms with Crippen molar-refractivity contribution in [1.82, 2.24) is 15.3 Å². The van der Waals surface area contributed by atoms with Crippen LogP contribution in [0.5, 0.6) is 0 Å². The molecule has 1 unspecified atom stereocenters. The molecule has 0 radical (unpaired) electrons. The van der Waals surface area contributed by atoms with Crippen LogP contribution in [0.3, 0.4) is 0 Å². The van der Waals surface area contributed by atoms with Gasteiger partial charge in [-0.3, -0.25) is 19.7 Å². The molecule has 7 nitrogen and oxygen atoms in total. The van der Waals surface area contributed by atoms with Crippen LogP contribution in [0.25, 0.3) is 0 Å². The number of nitrogens with one attached hydrogen (secondary N) is 1. The van der Waals surface area contributed by atoms with E-state index in [0.717, 1.165) is 24.8 Å². The van der Waals surface area contributed by atoms with Crippen LogP contribution in [0.1, 0.15) is 63.4 Å². The fraction of sp³-hybridized carbons (Fsp3) is 0.625. The molecule has 1 aliphatic heterocycles. The maximum absolute atomic E-state index is 13.7. The van der Waals surface area contributed by atoms with Crippen LogP contribution in [0.15, 0.2) is 30.3 Å². The van der Waals surface area contributed by atoms with Gasteiger partial charge in [0.25, 0.3) is 5.91 Å². The Labute approximate surface area is 182 Å². The Kier molecular flexibility index (Phi) is 5.24. The van der Waals surface area contributed by atoms with Gasteiger partial charge in [-0.1, -0.05) is 30.3 Å². The Hall–Kier alpha value is -2.41. The monoisotopic (exact) mass is 425 g/mol. The van der Waals surface area contributed by atoms with Gasteiger partial charge in [0, 0.05) is 13.0 Å². The molecule has 4 amide bonds. The second kappa shape index (κ2) is 7.93. The van der Waals surface area contributed by atoms with Gasteiger partial charge in [-0.25, -0.2) is 10.3 Å². The molecule has 5 fully saturated rings. The summed E-state index contributed by atoms with van der Waals surface area (Å²) < 4.78 is 0. The molecule has 166 valence electrons. The van der Waals surface area contributed by atoms with E-state index in [9.17, 15) is 14.4 Å². The lowest BCUT2D eigenvalue weighted by molar-refractivity contribution is -0.141. The van der Waals surface area contributed by atoms with Gasteiger partial charge >= 0.3 is 6.03 Å². The van der Waals surface area contributed by atoms with Gasteiger partial charge in [-0.2, -0.15) is 0 Å². The second-order valence-electron chi connectivity index (χ2n) is 10.2. The van der Waals surface area contributed by atoms with Gasteiger partial charge < -0.3 is 4.90 Å². The zero-order chi connectivity index (χ0) is 21.6. The predicted molar refractivity (Wildman–Crippen MR) is 113 cm³/mol. The lowest BCUT2D eigenvalue weighted by Crippen LogP contribution is -2.62. The first kappa shape index (κ1) is 20.5. The minimum Gasteiger partial charge on any atom is -0.308 e. The molecular weight excluding hydrogens is 394 g/mol. The van der Waals surface area contributed by atoms with Crippen molar-refractivity contribution in [3.63, 3.8) is 0 Å². The third-order valence-electron chi connectivity index (χ3n) is 8.00. The van der Waals surface area contributed by atoms with Crippen LogP contribution in [-0.4, -0.2) is 44.4 Å². The van der Waals surface area contributed by atoms with Crippen molar-refractivity contribution >= 4 is 17.8 Å². The molecular formula is C24H31N3O4. The van der Waals surface area contributed by atoms with E-state index in [-0.39, 0.29) is 23.9 Å². The van der Waals surface area contributed by atoms with Gasteiger partial charge in [0.1, 0.15) is 6.04 Å². The number of carbonyl (C=O) groups excluding carboxylic acids is 3. The first-order chi connectivity index (χ1) is 15.0. The van der Waals surface area contributed by atoms with E-state index in [1.54, 1.807) is 15.3 Å². The summed E-state index contributed by atoms with van der Waals surface area (Å²) in [6.45, 7) is 0.394. The highest BCUT2D eigenvalue weighted by molar-refractivity contribution is 6.05. The number of amides is 4. The smallest absolute Gasteiger partial charge is 0.308 e. The fourth-order valence-electron chi connectivity index (χ4n) is 7.16. The first-order valence-electron chi connectivity index (χ1n) is 11.6. The van der Waals surface area contributed by atoms with E-state index in [4.69, 9.17) is 5.21 Å². The highest BCUT2D eigenvalue weighted by Crippen LogP contribution is 2.58. The molecule has 7 heteroatoms. The second-order valence-corrected chi connectivity index (χ2v) is 10.2. The van der Waals surface area contributed by atoms with E-state index in [1.165, 1.54) is 19.3 Å². The van der Waals surface area contributed by atoms with Crippen LogP contribution in [-0.2, 0) is 16.1 Å². The van der Waals surface area contributed by atoms with Crippen molar-refractivity contribution in [2.24, 2.45) is 17.8 Å². The number of benzene rings is 1. The Bertz CT molecular complexity index is 836. The molecule has 1 aromatic carbocycles. The quantitative estimate of drug-likeness (QED) is 0.398. The van der Waals surface area contributed by atoms with Crippen molar-refractivity contribution in [2.45, 2.75) is 75.9 Å². The summed E-state index contributed by atoms with van der Waals surface area (Å²) in [5.74, 6) is 1.36. The number of hydrogen-bond donors (Lipinski definition) is 2. The minimum absolute atomic E-state index is 0.0905. The van der Waals surface area contributed by atoms with Crippen molar-refractivity contribution < 1.29 is 19.6 Å². The number of carbonyl (C=O) groups is 3. The Morgan fingerprint density at radius 3 is 2.23 bits per heavy atom. The summed E-state index contributed by atoms with van der Waals surface area (Å²) in [5.41, 5.74) is 2.33. The molecule has 5 aliphatic rings. The largest absolute Gasteiger partial charge is 0.328 e. The van der Waals surface area contributed by atoms with Crippen LogP contribution in [0, 0.1) is 17.8 Å².